The van der Waals surface area contributed by atoms with Gasteiger partial charge in [0.25, 0.3) is 11.7 Å². The SMILES string of the molecule is [C-]#[N+]c1cnc(Nc2cc(NCC3CCCNC3)c(-n3ccc(C(=O)NCCO[Si](C)(C)C(C)(C)C)c3)cn2)cn1. The van der Waals surface area contributed by atoms with Crippen molar-refractivity contribution in [1.82, 2.24) is 30.2 Å². The van der Waals surface area contributed by atoms with Crippen LogP contribution in [0.3, 0.4) is 0 Å². The van der Waals surface area contributed by atoms with Gasteiger partial charge in [0.1, 0.15) is 5.82 Å². The molecule has 1 aliphatic heterocycles. The fourth-order valence-electron chi connectivity index (χ4n) is 4.26. The van der Waals surface area contributed by atoms with Gasteiger partial charge < -0.3 is 35.1 Å². The lowest BCUT2D eigenvalue weighted by Crippen LogP contribution is -2.42. The van der Waals surface area contributed by atoms with Crippen LogP contribution in [0.1, 0.15) is 44.0 Å². The average molecular weight is 576 g/mol. The highest BCUT2D eigenvalue weighted by Gasteiger charge is 2.36. The lowest BCUT2D eigenvalue weighted by molar-refractivity contribution is 0.0946. The van der Waals surface area contributed by atoms with Gasteiger partial charge in [-0.15, -0.1) is 4.98 Å². The van der Waals surface area contributed by atoms with Crippen LogP contribution in [0.5, 0.6) is 0 Å². The summed E-state index contributed by atoms with van der Waals surface area (Å²) in [5.41, 5.74) is 2.27. The molecule has 1 atom stereocenters. The van der Waals surface area contributed by atoms with Gasteiger partial charge in [0.05, 0.1) is 35.9 Å². The molecular weight excluding hydrogens is 534 g/mol. The molecule has 0 bridgehead atoms. The van der Waals surface area contributed by atoms with Crippen molar-refractivity contribution in [2.24, 2.45) is 5.92 Å². The molecule has 4 N–H and O–H groups in total. The Morgan fingerprint density at radius 1 is 1.22 bits per heavy atom. The maximum atomic E-state index is 12.9. The zero-order valence-corrected chi connectivity index (χ0v) is 25.6. The number of hydrogen-bond acceptors (Lipinski definition) is 8. The Balaban J connectivity index is 1.46. The summed E-state index contributed by atoms with van der Waals surface area (Å²) < 4.78 is 8.09. The van der Waals surface area contributed by atoms with Crippen molar-refractivity contribution in [3.05, 3.63) is 60.1 Å². The Hall–Kier alpha value is -3.79. The summed E-state index contributed by atoms with van der Waals surface area (Å²) in [6, 6.07) is 3.73. The molecule has 1 amide bonds. The van der Waals surface area contributed by atoms with Gasteiger partial charge >= 0.3 is 0 Å². The van der Waals surface area contributed by atoms with Crippen molar-refractivity contribution in [3.8, 4) is 5.69 Å². The van der Waals surface area contributed by atoms with Gasteiger partial charge in [-0.2, -0.15) is 0 Å². The van der Waals surface area contributed by atoms with Gasteiger partial charge in [0.2, 0.25) is 0 Å². The highest BCUT2D eigenvalue weighted by atomic mass is 28.4. The van der Waals surface area contributed by atoms with Crippen LogP contribution in [0.2, 0.25) is 18.1 Å². The Kier molecular flexibility index (Phi) is 9.75. The first-order valence-corrected chi connectivity index (χ1v) is 17.0. The number of carbonyl (C=O) groups is 1. The van der Waals surface area contributed by atoms with E-state index in [9.17, 15) is 4.79 Å². The molecule has 12 heteroatoms. The summed E-state index contributed by atoms with van der Waals surface area (Å²) in [6.07, 6.45) is 10.7. The first-order chi connectivity index (χ1) is 19.6. The monoisotopic (exact) mass is 575 g/mol. The van der Waals surface area contributed by atoms with Crippen molar-refractivity contribution in [2.75, 3.05) is 43.4 Å². The Morgan fingerprint density at radius 3 is 2.71 bits per heavy atom. The molecule has 4 rings (SSSR count). The van der Waals surface area contributed by atoms with Crippen LogP contribution in [0, 0.1) is 12.5 Å². The van der Waals surface area contributed by atoms with Gasteiger partial charge in [-0.05, 0) is 56.0 Å². The van der Waals surface area contributed by atoms with E-state index in [4.69, 9.17) is 11.0 Å². The van der Waals surface area contributed by atoms with Crippen LogP contribution in [-0.4, -0.2) is 66.5 Å². The molecule has 1 fully saturated rings. The predicted octanol–water partition coefficient (Wildman–Crippen LogP) is 5.12. The molecule has 0 aromatic carbocycles. The van der Waals surface area contributed by atoms with E-state index in [0.717, 1.165) is 31.0 Å². The Morgan fingerprint density at radius 2 is 2.02 bits per heavy atom. The van der Waals surface area contributed by atoms with Gasteiger partial charge in [-0.3, -0.25) is 4.79 Å². The van der Waals surface area contributed by atoms with Crippen LogP contribution in [0.4, 0.5) is 23.1 Å². The second-order valence-electron chi connectivity index (χ2n) is 11.8. The summed E-state index contributed by atoms with van der Waals surface area (Å²) >= 11 is 0. The van der Waals surface area contributed by atoms with Crippen molar-refractivity contribution in [2.45, 2.75) is 51.7 Å². The van der Waals surface area contributed by atoms with Crippen LogP contribution >= 0.6 is 0 Å². The molecule has 3 aromatic rings. The lowest BCUT2D eigenvalue weighted by Gasteiger charge is -2.36. The third-order valence-corrected chi connectivity index (χ3v) is 12.3. The van der Waals surface area contributed by atoms with Crippen LogP contribution in [-0.2, 0) is 4.43 Å². The number of piperidine rings is 1. The average Bonchev–Trinajstić information content (AvgIpc) is 3.45. The number of nitrogens with zero attached hydrogens (tertiary/aromatic N) is 5. The number of aromatic nitrogens is 4. The smallest absolute Gasteiger partial charge is 0.288 e. The van der Waals surface area contributed by atoms with Gasteiger partial charge in [0, 0.05) is 31.5 Å². The molecule has 11 nitrogen and oxygen atoms in total. The zero-order chi connectivity index (χ0) is 29.5. The molecule has 1 aliphatic rings. The number of hydrogen-bond donors (Lipinski definition) is 4. The molecule has 0 saturated carbocycles. The van der Waals surface area contributed by atoms with Crippen molar-refractivity contribution < 1.29 is 9.22 Å². The highest BCUT2D eigenvalue weighted by Crippen LogP contribution is 2.36. The van der Waals surface area contributed by atoms with Crippen molar-refractivity contribution in [3.63, 3.8) is 0 Å². The summed E-state index contributed by atoms with van der Waals surface area (Å²) in [5.74, 6) is 1.70. The van der Waals surface area contributed by atoms with Gasteiger partial charge in [-0.25, -0.2) is 9.97 Å². The topological polar surface area (TPSA) is 122 Å². The van der Waals surface area contributed by atoms with E-state index < -0.39 is 8.32 Å². The number of rotatable bonds is 11. The third-order valence-electron chi connectivity index (χ3n) is 7.76. The lowest BCUT2D eigenvalue weighted by atomic mass is 10.00. The number of nitrogens with one attached hydrogen (secondary N) is 4. The quantitative estimate of drug-likeness (QED) is 0.141. The fourth-order valence-corrected chi connectivity index (χ4v) is 5.31. The molecule has 4 heterocycles. The maximum absolute atomic E-state index is 12.9. The molecular formula is C29H41N9O2Si. The second-order valence-corrected chi connectivity index (χ2v) is 16.7. The summed E-state index contributed by atoms with van der Waals surface area (Å²) in [6.45, 7) is 21.9. The van der Waals surface area contributed by atoms with Crippen LogP contribution in [0.15, 0.2) is 43.1 Å². The summed E-state index contributed by atoms with van der Waals surface area (Å²) in [4.78, 5) is 29.1. The second kappa shape index (κ2) is 13.2. The molecule has 0 radical (unpaired) electrons. The van der Waals surface area contributed by atoms with Gasteiger partial charge in [0.15, 0.2) is 20.3 Å². The minimum Gasteiger partial charge on any atom is -0.415 e. The molecule has 218 valence electrons. The normalized spacial score (nSPS) is 15.7. The first-order valence-electron chi connectivity index (χ1n) is 14.1. The van der Waals surface area contributed by atoms with Gasteiger partial charge in [-0.1, -0.05) is 27.3 Å². The van der Waals surface area contributed by atoms with E-state index in [0.29, 0.717) is 36.3 Å². The number of anilines is 3. The van der Waals surface area contributed by atoms with Crippen LogP contribution < -0.4 is 21.3 Å². The molecule has 0 spiro atoms. The predicted molar refractivity (Wildman–Crippen MR) is 165 cm³/mol. The fraction of sp³-hybridized carbons (Fsp3) is 0.483. The highest BCUT2D eigenvalue weighted by molar-refractivity contribution is 6.74. The number of amides is 1. The minimum atomic E-state index is -1.85. The van der Waals surface area contributed by atoms with E-state index in [1.165, 1.54) is 25.2 Å². The van der Waals surface area contributed by atoms with E-state index in [1.807, 2.05) is 23.0 Å². The molecule has 3 aromatic heterocycles. The molecule has 0 aliphatic carbocycles. The molecule has 1 unspecified atom stereocenters. The summed E-state index contributed by atoms with van der Waals surface area (Å²) in [7, 11) is -1.85. The number of carbonyl (C=O) groups excluding carboxylic acids is 1. The summed E-state index contributed by atoms with van der Waals surface area (Å²) in [5, 5.41) is 13.3. The van der Waals surface area contributed by atoms with E-state index >= 15 is 0 Å². The van der Waals surface area contributed by atoms with Crippen molar-refractivity contribution >= 4 is 37.4 Å². The first kappa shape index (κ1) is 30.2. The molecule has 41 heavy (non-hydrogen) atoms. The largest absolute Gasteiger partial charge is 0.415 e. The van der Waals surface area contributed by atoms with E-state index in [2.05, 4.69) is 74.9 Å². The van der Waals surface area contributed by atoms with Crippen LogP contribution in [0.25, 0.3) is 10.5 Å². The Labute approximate surface area is 243 Å². The van der Waals surface area contributed by atoms with E-state index in [1.54, 1.807) is 12.3 Å². The standard InChI is InChI=1S/C29H41N9O2Si/c1-29(2,3)41(5,6)40-13-11-32-28(39)22-9-12-38(20-22)24-17-34-25(37-27-19-35-26(30-4)18-36-27)14-23(24)33-16-21-8-7-10-31-15-21/h9,12,14,17-21,31H,7-8,10-11,13,15-16H2,1-3,5-6H3,(H,32,39)(H2,33,34,36,37). The third kappa shape index (κ3) is 8.13. The minimum absolute atomic E-state index is 0.128. The van der Waals surface area contributed by atoms with Crippen molar-refractivity contribution in [1.29, 1.82) is 0 Å². The zero-order valence-electron chi connectivity index (χ0n) is 24.6. The Bertz CT molecular complexity index is 1350. The molecule has 1 saturated heterocycles. The number of pyridine rings is 1. The maximum Gasteiger partial charge on any atom is 0.288 e. The van der Waals surface area contributed by atoms with E-state index in [-0.39, 0.29) is 16.8 Å².